The van der Waals surface area contributed by atoms with Gasteiger partial charge in [0.25, 0.3) is 0 Å². The number of nitrogens with zero attached hydrogens (tertiary/aromatic N) is 4. The Morgan fingerprint density at radius 1 is 1.20 bits per heavy atom. The molecule has 0 spiro atoms. The molecule has 1 fully saturated rings. The summed E-state index contributed by atoms with van der Waals surface area (Å²) < 4.78 is 10.5. The van der Waals surface area contributed by atoms with E-state index >= 15 is 0 Å². The number of rotatable bonds is 4. The number of hydrogen-bond acceptors (Lipinski definition) is 8. The van der Waals surface area contributed by atoms with E-state index < -0.39 is 0 Å². The van der Waals surface area contributed by atoms with Crippen molar-refractivity contribution in [2.75, 3.05) is 44.9 Å². The van der Waals surface area contributed by atoms with Crippen molar-refractivity contribution in [1.82, 2.24) is 19.9 Å². The van der Waals surface area contributed by atoms with E-state index in [0.29, 0.717) is 5.56 Å². The minimum Gasteiger partial charge on any atom is -0.465 e. The van der Waals surface area contributed by atoms with Gasteiger partial charge in [-0.2, -0.15) is 0 Å². The van der Waals surface area contributed by atoms with Crippen LogP contribution < -0.4 is 4.90 Å². The summed E-state index contributed by atoms with van der Waals surface area (Å²) in [6.07, 6.45) is 0.893. The van der Waals surface area contributed by atoms with Gasteiger partial charge in [-0.25, -0.2) is 14.8 Å². The lowest BCUT2D eigenvalue weighted by Gasteiger charge is -2.30. The van der Waals surface area contributed by atoms with E-state index in [1.54, 1.807) is 11.3 Å². The van der Waals surface area contributed by atoms with Crippen LogP contribution in [0.4, 0.5) is 5.82 Å². The fraction of sp³-hybridized carbons (Fsp3) is 0.423. The van der Waals surface area contributed by atoms with E-state index in [1.165, 1.54) is 28.8 Å². The molecule has 9 heteroatoms. The van der Waals surface area contributed by atoms with E-state index in [-0.39, 0.29) is 5.97 Å². The number of benzene rings is 1. The smallest absolute Gasteiger partial charge is 0.337 e. The lowest BCUT2D eigenvalue weighted by Crippen LogP contribution is -2.36. The molecule has 0 amide bonds. The number of nitrogens with one attached hydrogen (secondary N) is 1. The van der Waals surface area contributed by atoms with Crippen LogP contribution in [0.25, 0.3) is 21.1 Å². The molecule has 5 heterocycles. The zero-order chi connectivity index (χ0) is 24.1. The Labute approximate surface area is 207 Å². The number of fused-ring (bicyclic) bond motifs is 4. The summed E-state index contributed by atoms with van der Waals surface area (Å²) >= 11 is 1.75. The summed E-state index contributed by atoms with van der Waals surface area (Å²) in [5.41, 5.74) is 5.34. The SMILES string of the molecule is COC(=O)c1ccc2[nH]c3c(c2c1)CN(c1nc(CN2CCOCC2)nc2sc(C)c(C)c12)CC3. The second kappa shape index (κ2) is 8.89. The van der Waals surface area contributed by atoms with Crippen molar-refractivity contribution in [2.24, 2.45) is 0 Å². The molecule has 4 aromatic rings. The molecule has 0 radical (unpaired) electrons. The number of morpholine rings is 1. The number of aromatic amines is 1. The normalized spacial score (nSPS) is 16.7. The molecule has 6 rings (SSSR count). The average Bonchev–Trinajstić information content (AvgIpc) is 3.39. The molecule has 1 N–H and O–H groups in total. The molecule has 1 aromatic carbocycles. The van der Waals surface area contributed by atoms with Gasteiger partial charge in [-0.05, 0) is 37.6 Å². The highest BCUT2D eigenvalue weighted by Crippen LogP contribution is 2.38. The number of esters is 1. The number of carbonyl (C=O) groups excluding carboxylic acids is 1. The van der Waals surface area contributed by atoms with Gasteiger partial charge in [-0.3, -0.25) is 4.90 Å². The van der Waals surface area contributed by atoms with Gasteiger partial charge >= 0.3 is 5.97 Å². The maximum atomic E-state index is 12.1. The monoisotopic (exact) mass is 491 g/mol. The molecule has 0 aliphatic carbocycles. The van der Waals surface area contributed by atoms with Gasteiger partial charge in [-0.1, -0.05) is 0 Å². The van der Waals surface area contributed by atoms with Crippen molar-refractivity contribution >= 4 is 44.2 Å². The second-order valence-corrected chi connectivity index (χ2v) is 10.5. The lowest BCUT2D eigenvalue weighted by molar-refractivity contribution is 0.0331. The lowest BCUT2D eigenvalue weighted by atomic mass is 10.0. The molecule has 0 bridgehead atoms. The fourth-order valence-corrected chi connectivity index (χ4v) is 6.21. The molecule has 35 heavy (non-hydrogen) atoms. The van der Waals surface area contributed by atoms with Crippen molar-refractivity contribution in [3.63, 3.8) is 0 Å². The average molecular weight is 492 g/mol. The van der Waals surface area contributed by atoms with Crippen LogP contribution in [-0.2, 0) is 29.0 Å². The highest BCUT2D eigenvalue weighted by molar-refractivity contribution is 7.18. The van der Waals surface area contributed by atoms with Crippen molar-refractivity contribution in [3.8, 4) is 0 Å². The summed E-state index contributed by atoms with van der Waals surface area (Å²) in [4.78, 5) is 32.9. The maximum Gasteiger partial charge on any atom is 0.337 e. The number of carbonyl (C=O) groups is 1. The summed E-state index contributed by atoms with van der Waals surface area (Å²) in [5.74, 6) is 1.57. The standard InChI is InChI=1S/C26H29N5O3S/c1-15-16(2)35-25-23(15)24(28-22(29-25)14-30-8-10-34-11-9-30)31-7-6-21-19(13-31)18-12-17(26(32)33-3)4-5-20(18)27-21/h4-5,12,27H,6-11,13-14H2,1-3H3. The van der Waals surface area contributed by atoms with E-state index in [0.717, 1.165) is 85.1 Å². The fourth-order valence-electron chi connectivity index (χ4n) is 5.17. The number of anilines is 1. The van der Waals surface area contributed by atoms with Crippen LogP contribution in [-0.4, -0.2) is 65.8 Å². The Morgan fingerprint density at radius 2 is 2.03 bits per heavy atom. The van der Waals surface area contributed by atoms with Crippen LogP contribution in [0.3, 0.4) is 0 Å². The first kappa shape index (κ1) is 22.5. The highest BCUT2D eigenvalue weighted by atomic mass is 32.1. The van der Waals surface area contributed by atoms with E-state index in [4.69, 9.17) is 19.4 Å². The number of aromatic nitrogens is 3. The molecule has 0 atom stereocenters. The van der Waals surface area contributed by atoms with Gasteiger partial charge < -0.3 is 19.4 Å². The van der Waals surface area contributed by atoms with Crippen molar-refractivity contribution in [2.45, 2.75) is 33.4 Å². The first-order chi connectivity index (χ1) is 17.0. The van der Waals surface area contributed by atoms with Gasteiger partial charge in [0.05, 0.1) is 37.8 Å². The van der Waals surface area contributed by atoms with Gasteiger partial charge in [0, 0.05) is 59.6 Å². The molecular weight excluding hydrogens is 462 g/mol. The molecule has 0 unspecified atom stereocenters. The van der Waals surface area contributed by atoms with Gasteiger partial charge in [0.15, 0.2) is 0 Å². The zero-order valence-corrected chi connectivity index (χ0v) is 21.1. The number of thiophene rings is 1. The molecule has 3 aromatic heterocycles. The molecule has 182 valence electrons. The maximum absolute atomic E-state index is 12.1. The molecule has 0 saturated carbocycles. The number of H-pyrrole nitrogens is 1. The van der Waals surface area contributed by atoms with Crippen LogP contribution in [0.15, 0.2) is 18.2 Å². The number of hydrogen-bond donors (Lipinski definition) is 1. The van der Waals surface area contributed by atoms with Gasteiger partial charge in [0.2, 0.25) is 0 Å². The van der Waals surface area contributed by atoms with E-state index in [1.807, 2.05) is 18.2 Å². The van der Waals surface area contributed by atoms with Gasteiger partial charge in [0.1, 0.15) is 16.5 Å². The van der Waals surface area contributed by atoms with Crippen LogP contribution >= 0.6 is 11.3 Å². The second-order valence-electron chi connectivity index (χ2n) is 9.32. The summed E-state index contributed by atoms with van der Waals surface area (Å²) in [5, 5.41) is 2.24. The predicted molar refractivity (Wildman–Crippen MR) is 137 cm³/mol. The Morgan fingerprint density at radius 3 is 2.83 bits per heavy atom. The Kier molecular flexibility index (Phi) is 5.70. The Hall–Kier alpha value is -3.01. The van der Waals surface area contributed by atoms with Crippen LogP contribution in [0, 0.1) is 13.8 Å². The topological polar surface area (TPSA) is 83.6 Å². The van der Waals surface area contributed by atoms with Crippen molar-refractivity contribution in [1.29, 1.82) is 0 Å². The third kappa shape index (κ3) is 3.97. The van der Waals surface area contributed by atoms with Crippen molar-refractivity contribution in [3.05, 3.63) is 51.3 Å². The largest absolute Gasteiger partial charge is 0.465 e. The quantitative estimate of drug-likeness (QED) is 0.433. The van der Waals surface area contributed by atoms with Gasteiger partial charge in [-0.15, -0.1) is 11.3 Å². The number of ether oxygens (including phenoxy) is 2. The summed E-state index contributed by atoms with van der Waals surface area (Å²) in [6.45, 7) is 10.0. The zero-order valence-electron chi connectivity index (χ0n) is 20.3. The molecule has 2 aliphatic heterocycles. The van der Waals surface area contributed by atoms with Crippen LogP contribution in [0.2, 0.25) is 0 Å². The summed E-state index contributed by atoms with van der Waals surface area (Å²) in [6, 6.07) is 5.73. The Balaban J connectivity index is 1.40. The summed E-state index contributed by atoms with van der Waals surface area (Å²) in [7, 11) is 1.42. The minimum atomic E-state index is -0.316. The first-order valence-electron chi connectivity index (χ1n) is 12.0. The first-order valence-corrected chi connectivity index (χ1v) is 12.9. The third-order valence-electron chi connectivity index (χ3n) is 7.22. The van der Waals surface area contributed by atoms with Crippen molar-refractivity contribution < 1.29 is 14.3 Å². The third-order valence-corrected chi connectivity index (χ3v) is 8.32. The van der Waals surface area contributed by atoms with E-state index in [2.05, 4.69) is 28.6 Å². The minimum absolute atomic E-state index is 0.316. The molecular formula is C26H29N5O3S. The highest BCUT2D eigenvalue weighted by Gasteiger charge is 2.26. The van der Waals surface area contributed by atoms with Crippen LogP contribution in [0.5, 0.6) is 0 Å². The molecule has 2 aliphatic rings. The van der Waals surface area contributed by atoms with E-state index in [9.17, 15) is 4.79 Å². The number of aryl methyl sites for hydroxylation is 2. The van der Waals surface area contributed by atoms with Crippen LogP contribution in [0.1, 0.15) is 37.9 Å². The predicted octanol–water partition coefficient (Wildman–Crippen LogP) is 3.97. The number of methoxy groups -OCH3 is 1. The molecule has 1 saturated heterocycles. The molecule has 8 nitrogen and oxygen atoms in total. The Bertz CT molecular complexity index is 1440.